The summed E-state index contributed by atoms with van der Waals surface area (Å²) in [5, 5.41) is 9.29. The fourth-order valence-corrected chi connectivity index (χ4v) is 2.56. The molecule has 0 aromatic carbocycles. The van der Waals surface area contributed by atoms with Crippen molar-refractivity contribution >= 4 is 11.9 Å². The van der Waals surface area contributed by atoms with Gasteiger partial charge in [-0.1, -0.05) is 11.1 Å². The number of rotatable bonds is 4. The molecule has 0 radical (unpaired) electrons. The van der Waals surface area contributed by atoms with Crippen LogP contribution in [0, 0.1) is 5.92 Å². The fraction of sp³-hybridized carbons (Fsp3) is 0.600. The van der Waals surface area contributed by atoms with Gasteiger partial charge in [0.2, 0.25) is 0 Å². The van der Waals surface area contributed by atoms with E-state index in [1.54, 1.807) is 13.8 Å². The lowest BCUT2D eigenvalue weighted by Crippen LogP contribution is -2.26. The molecule has 0 aliphatic heterocycles. The molecule has 0 aromatic rings. The number of carboxylic acid groups (broad SMARTS) is 1. The summed E-state index contributed by atoms with van der Waals surface area (Å²) in [6.45, 7) is 7.23. The second-order valence-electron chi connectivity index (χ2n) is 5.45. The molecule has 1 saturated carbocycles. The lowest BCUT2D eigenvalue weighted by atomic mass is 9.92. The molecule has 1 aliphatic carbocycles. The van der Waals surface area contributed by atoms with Gasteiger partial charge in [-0.3, -0.25) is 0 Å². The molecule has 4 heteroatoms. The highest BCUT2D eigenvalue weighted by Gasteiger charge is 2.36. The average Bonchev–Trinajstić information content (AvgIpc) is 2.63. The van der Waals surface area contributed by atoms with Crippen LogP contribution in [0.4, 0.5) is 0 Å². The summed E-state index contributed by atoms with van der Waals surface area (Å²) < 4.78 is 5.40. The summed E-state index contributed by atoms with van der Waals surface area (Å²) in [4.78, 5) is 23.0. The second kappa shape index (κ2) is 6.55. The van der Waals surface area contributed by atoms with Crippen molar-refractivity contribution in [2.75, 3.05) is 0 Å². The molecule has 0 spiro atoms. The molecule has 106 valence electrons. The molecule has 4 nitrogen and oxygen atoms in total. The van der Waals surface area contributed by atoms with Gasteiger partial charge in [-0.05, 0) is 47.0 Å². The third-order valence-corrected chi connectivity index (χ3v) is 3.27. The van der Waals surface area contributed by atoms with E-state index in [9.17, 15) is 14.7 Å². The topological polar surface area (TPSA) is 63.6 Å². The van der Waals surface area contributed by atoms with E-state index in [1.165, 1.54) is 6.08 Å². The maximum Gasteiger partial charge on any atom is 0.331 e. The highest BCUT2D eigenvalue weighted by molar-refractivity contribution is 5.88. The molecule has 1 N–H and O–H groups in total. The van der Waals surface area contributed by atoms with Gasteiger partial charge < -0.3 is 9.84 Å². The zero-order valence-electron chi connectivity index (χ0n) is 12.0. The highest BCUT2D eigenvalue weighted by Crippen LogP contribution is 2.35. The first-order chi connectivity index (χ1) is 8.82. The Hall–Kier alpha value is -1.58. The number of allylic oxidation sites excluding steroid dienone is 2. The van der Waals surface area contributed by atoms with Crippen molar-refractivity contribution in [3.8, 4) is 0 Å². The first-order valence-electron chi connectivity index (χ1n) is 6.59. The van der Waals surface area contributed by atoms with Gasteiger partial charge in [0.25, 0.3) is 0 Å². The fourth-order valence-electron chi connectivity index (χ4n) is 2.56. The zero-order valence-corrected chi connectivity index (χ0v) is 12.0. The molecule has 0 heterocycles. The van der Waals surface area contributed by atoms with Crippen molar-refractivity contribution in [3.05, 3.63) is 22.8 Å². The maximum absolute atomic E-state index is 11.7. The van der Waals surface area contributed by atoms with Crippen molar-refractivity contribution in [1.82, 2.24) is 0 Å². The highest BCUT2D eigenvalue weighted by atomic mass is 16.5. The van der Waals surface area contributed by atoms with Gasteiger partial charge in [-0.25, -0.2) is 9.59 Å². The lowest BCUT2D eigenvalue weighted by Gasteiger charge is -2.21. The minimum atomic E-state index is -0.907. The van der Waals surface area contributed by atoms with Gasteiger partial charge in [-0.2, -0.15) is 0 Å². The monoisotopic (exact) mass is 266 g/mol. The van der Waals surface area contributed by atoms with E-state index in [0.717, 1.165) is 30.4 Å². The van der Waals surface area contributed by atoms with E-state index in [1.807, 2.05) is 13.8 Å². The first kappa shape index (κ1) is 15.5. The van der Waals surface area contributed by atoms with Gasteiger partial charge in [0.1, 0.15) is 6.10 Å². The Morgan fingerprint density at radius 1 is 1.16 bits per heavy atom. The van der Waals surface area contributed by atoms with Crippen molar-refractivity contribution < 1.29 is 19.4 Å². The van der Waals surface area contributed by atoms with Crippen LogP contribution in [0.15, 0.2) is 22.8 Å². The summed E-state index contributed by atoms with van der Waals surface area (Å²) in [6.07, 6.45) is 3.51. The number of hydrogen-bond acceptors (Lipinski definition) is 3. The Kier molecular flexibility index (Phi) is 5.33. The van der Waals surface area contributed by atoms with Crippen LogP contribution >= 0.6 is 0 Å². The zero-order chi connectivity index (χ0) is 14.6. The third-order valence-electron chi connectivity index (χ3n) is 3.27. The summed E-state index contributed by atoms with van der Waals surface area (Å²) >= 11 is 0. The Morgan fingerprint density at radius 2 is 1.79 bits per heavy atom. The van der Waals surface area contributed by atoms with Crippen molar-refractivity contribution in [3.63, 3.8) is 0 Å². The van der Waals surface area contributed by atoms with Crippen LogP contribution in [-0.4, -0.2) is 23.1 Å². The minimum absolute atomic E-state index is 0.183. The Labute approximate surface area is 114 Å². The molecule has 1 fully saturated rings. The largest absolute Gasteiger partial charge is 0.478 e. The van der Waals surface area contributed by atoms with Crippen LogP contribution in [0.2, 0.25) is 0 Å². The number of carboxylic acids is 1. The van der Waals surface area contributed by atoms with Crippen LogP contribution in [-0.2, 0) is 14.3 Å². The summed E-state index contributed by atoms with van der Waals surface area (Å²) in [7, 11) is 0. The SMILES string of the molecule is CC(C)=CC(=O)OC1CCCC1C(C(=O)O)=C(C)C. The molecule has 0 bridgehead atoms. The van der Waals surface area contributed by atoms with Gasteiger partial charge in [0, 0.05) is 17.6 Å². The predicted molar refractivity (Wildman–Crippen MR) is 72.7 cm³/mol. The van der Waals surface area contributed by atoms with Gasteiger partial charge in [0.05, 0.1) is 0 Å². The predicted octanol–water partition coefficient (Wildman–Crippen LogP) is 3.09. The Bertz CT molecular complexity index is 423. The van der Waals surface area contributed by atoms with Crippen molar-refractivity contribution in [2.45, 2.75) is 53.1 Å². The number of esters is 1. The Morgan fingerprint density at radius 3 is 2.26 bits per heavy atom. The molecule has 1 aliphatic rings. The second-order valence-corrected chi connectivity index (χ2v) is 5.45. The van der Waals surface area contributed by atoms with E-state index in [4.69, 9.17) is 4.74 Å². The van der Waals surface area contributed by atoms with Crippen LogP contribution in [0.5, 0.6) is 0 Å². The standard InChI is InChI=1S/C15H22O4/c1-9(2)8-13(16)19-12-7-5-6-11(12)14(10(3)4)15(17)18/h8,11-12H,5-7H2,1-4H3,(H,17,18). The number of carbonyl (C=O) groups is 2. The van der Waals surface area contributed by atoms with Gasteiger partial charge >= 0.3 is 11.9 Å². The van der Waals surface area contributed by atoms with Crippen LogP contribution in [0.1, 0.15) is 47.0 Å². The average molecular weight is 266 g/mol. The third kappa shape index (κ3) is 4.23. The summed E-state index contributed by atoms with van der Waals surface area (Å²) in [6, 6.07) is 0. The van der Waals surface area contributed by atoms with E-state index in [2.05, 4.69) is 0 Å². The molecular formula is C15H22O4. The summed E-state index contributed by atoms with van der Waals surface area (Å²) in [5.41, 5.74) is 2.05. The van der Waals surface area contributed by atoms with Gasteiger partial charge in [0.15, 0.2) is 0 Å². The normalized spacial score (nSPS) is 21.7. The number of aliphatic carboxylic acids is 1. The quantitative estimate of drug-likeness (QED) is 0.627. The van der Waals surface area contributed by atoms with E-state index >= 15 is 0 Å². The molecule has 2 unspecified atom stereocenters. The lowest BCUT2D eigenvalue weighted by molar-refractivity contribution is -0.145. The van der Waals surface area contributed by atoms with E-state index in [-0.39, 0.29) is 18.0 Å². The van der Waals surface area contributed by atoms with Crippen molar-refractivity contribution in [1.29, 1.82) is 0 Å². The smallest absolute Gasteiger partial charge is 0.331 e. The number of carbonyl (C=O) groups excluding carboxylic acids is 1. The number of ether oxygens (including phenoxy) is 1. The first-order valence-corrected chi connectivity index (χ1v) is 6.59. The maximum atomic E-state index is 11.7. The molecule has 2 atom stereocenters. The molecular weight excluding hydrogens is 244 g/mol. The van der Waals surface area contributed by atoms with Gasteiger partial charge in [-0.15, -0.1) is 0 Å². The van der Waals surface area contributed by atoms with E-state index in [0.29, 0.717) is 5.57 Å². The molecule has 0 amide bonds. The number of hydrogen-bond donors (Lipinski definition) is 1. The minimum Gasteiger partial charge on any atom is -0.478 e. The molecule has 0 aromatic heterocycles. The van der Waals surface area contributed by atoms with Crippen molar-refractivity contribution in [2.24, 2.45) is 5.92 Å². The molecule has 0 saturated heterocycles. The van der Waals surface area contributed by atoms with E-state index < -0.39 is 5.97 Å². The Balaban J connectivity index is 2.85. The van der Waals surface area contributed by atoms with Crippen LogP contribution in [0.25, 0.3) is 0 Å². The van der Waals surface area contributed by atoms with Crippen LogP contribution < -0.4 is 0 Å². The molecule has 19 heavy (non-hydrogen) atoms. The summed E-state index contributed by atoms with van der Waals surface area (Å²) in [5.74, 6) is -1.47. The molecule has 1 rings (SSSR count). The van der Waals surface area contributed by atoms with Crippen LogP contribution in [0.3, 0.4) is 0 Å².